The molecular formula is C15H20N4O4. The standard InChI is InChI=1S/C15H20N4O4/c1-8(2)13-18-19-14(23-13)9(3)16-12(20)10-6-7-11(21-4)17-15(10)22-5/h6-9H,1-5H3,(H,16,20)/t9-/m0/s1. The molecule has 0 bridgehead atoms. The van der Waals surface area contributed by atoms with Crippen LogP contribution in [0.2, 0.25) is 0 Å². The van der Waals surface area contributed by atoms with Crippen molar-refractivity contribution in [3.8, 4) is 11.8 Å². The van der Waals surface area contributed by atoms with Crippen molar-refractivity contribution in [2.45, 2.75) is 32.7 Å². The molecule has 0 radical (unpaired) electrons. The Balaban J connectivity index is 2.14. The zero-order chi connectivity index (χ0) is 17.0. The van der Waals surface area contributed by atoms with E-state index >= 15 is 0 Å². The van der Waals surface area contributed by atoms with Crippen LogP contribution in [0.3, 0.4) is 0 Å². The third kappa shape index (κ3) is 3.77. The molecule has 2 aromatic heterocycles. The van der Waals surface area contributed by atoms with Crippen LogP contribution in [0.1, 0.15) is 54.9 Å². The van der Waals surface area contributed by atoms with Gasteiger partial charge in [-0.1, -0.05) is 13.8 Å². The summed E-state index contributed by atoms with van der Waals surface area (Å²) in [5, 5.41) is 10.7. The Hall–Kier alpha value is -2.64. The molecule has 0 aliphatic heterocycles. The summed E-state index contributed by atoms with van der Waals surface area (Å²) in [6.07, 6.45) is 0. The number of nitrogens with zero attached hydrogens (tertiary/aromatic N) is 3. The Bertz CT molecular complexity index is 684. The summed E-state index contributed by atoms with van der Waals surface area (Å²) < 4.78 is 15.7. The first-order valence-electron chi connectivity index (χ1n) is 7.19. The Morgan fingerprint density at radius 1 is 1.13 bits per heavy atom. The smallest absolute Gasteiger partial charge is 0.257 e. The molecule has 0 saturated carbocycles. The average Bonchev–Trinajstić information content (AvgIpc) is 3.04. The van der Waals surface area contributed by atoms with Gasteiger partial charge in [-0.2, -0.15) is 4.98 Å². The lowest BCUT2D eigenvalue weighted by atomic mass is 10.2. The van der Waals surface area contributed by atoms with Crippen molar-refractivity contribution in [1.82, 2.24) is 20.5 Å². The minimum Gasteiger partial charge on any atom is -0.481 e. The SMILES string of the molecule is COc1ccc(C(=O)N[C@@H](C)c2nnc(C(C)C)o2)c(OC)n1. The fourth-order valence-electron chi connectivity index (χ4n) is 1.86. The van der Waals surface area contributed by atoms with Crippen LogP contribution < -0.4 is 14.8 Å². The highest BCUT2D eigenvalue weighted by molar-refractivity contribution is 5.96. The summed E-state index contributed by atoms with van der Waals surface area (Å²) in [5.74, 6) is 1.21. The summed E-state index contributed by atoms with van der Waals surface area (Å²) in [6.45, 7) is 5.67. The number of nitrogens with one attached hydrogen (secondary N) is 1. The van der Waals surface area contributed by atoms with Crippen molar-refractivity contribution in [1.29, 1.82) is 0 Å². The molecule has 0 fully saturated rings. The number of carbonyl (C=O) groups is 1. The van der Waals surface area contributed by atoms with Gasteiger partial charge in [0.2, 0.25) is 23.5 Å². The maximum Gasteiger partial charge on any atom is 0.257 e. The number of aromatic nitrogens is 3. The lowest BCUT2D eigenvalue weighted by molar-refractivity contribution is 0.0929. The van der Waals surface area contributed by atoms with Crippen molar-refractivity contribution in [2.75, 3.05) is 14.2 Å². The molecule has 2 rings (SSSR count). The van der Waals surface area contributed by atoms with Crippen LogP contribution in [-0.4, -0.2) is 35.3 Å². The van der Waals surface area contributed by atoms with Crippen LogP contribution in [0.5, 0.6) is 11.8 Å². The maximum atomic E-state index is 12.4. The molecule has 8 heteroatoms. The van der Waals surface area contributed by atoms with Gasteiger partial charge in [-0.05, 0) is 13.0 Å². The summed E-state index contributed by atoms with van der Waals surface area (Å²) >= 11 is 0. The second kappa shape index (κ2) is 7.08. The summed E-state index contributed by atoms with van der Waals surface area (Å²) in [6, 6.07) is 2.74. The Morgan fingerprint density at radius 3 is 2.39 bits per heavy atom. The number of hydrogen-bond donors (Lipinski definition) is 1. The summed E-state index contributed by atoms with van der Waals surface area (Å²) in [7, 11) is 2.93. The van der Waals surface area contributed by atoms with Gasteiger partial charge in [0, 0.05) is 12.0 Å². The predicted octanol–water partition coefficient (Wildman–Crippen LogP) is 2.10. The number of amides is 1. The van der Waals surface area contributed by atoms with Crippen molar-refractivity contribution < 1.29 is 18.7 Å². The van der Waals surface area contributed by atoms with Gasteiger partial charge in [-0.3, -0.25) is 4.79 Å². The van der Waals surface area contributed by atoms with E-state index in [0.29, 0.717) is 23.2 Å². The third-order valence-electron chi connectivity index (χ3n) is 3.15. The highest BCUT2D eigenvalue weighted by Crippen LogP contribution is 2.21. The number of methoxy groups -OCH3 is 2. The number of carbonyl (C=O) groups excluding carboxylic acids is 1. The van der Waals surface area contributed by atoms with Gasteiger partial charge in [0.15, 0.2) is 0 Å². The number of hydrogen-bond acceptors (Lipinski definition) is 7. The second-order valence-corrected chi connectivity index (χ2v) is 5.24. The molecule has 1 N–H and O–H groups in total. The third-order valence-corrected chi connectivity index (χ3v) is 3.15. The van der Waals surface area contributed by atoms with E-state index in [2.05, 4.69) is 20.5 Å². The molecule has 0 aromatic carbocycles. The second-order valence-electron chi connectivity index (χ2n) is 5.24. The molecule has 2 heterocycles. The first kappa shape index (κ1) is 16.7. The fraction of sp³-hybridized carbons (Fsp3) is 0.467. The molecular weight excluding hydrogens is 300 g/mol. The Kier molecular flexibility index (Phi) is 5.15. The number of rotatable bonds is 6. The topological polar surface area (TPSA) is 99.4 Å². The van der Waals surface area contributed by atoms with E-state index in [0.717, 1.165) is 0 Å². The van der Waals surface area contributed by atoms with Crippen LogP contribution in [0.25, 0.3) is 0 Å². The summed E-state index contributed by atoms with van der Waals surface area (Å²) in [4.78, 5) is 16.5. The highest BCUT2D eigenvalue weighted by atomic mass is 16.5. The molecule has 1 atom stereocenters. The first-order chi connectivity index (χ1) is 11.0. The van der Waals surface area contributed by atoms with Crippen LogP contribution in [0.15, 0.2) is 16.5 Å². The van der Waals surface area contributed by atoms with Crippen LogP contribution in [-0.2, 0) is 0 Å². The maximum absolute atomic E-state index is 12.4. The van der Waals surface area contributed by atoms with Gasteiger partial charge in [-0.15, -0.1) is 10.2 Å². The molecule has 0 aliphatic rings. The zero-order valence-corrected chi connectivity index (χ0v) is 13.8. The molecule has 1 amide bonds. The zero-order valence-electron chi connectivity index (χ0n) is 13.8. The minimum atomic E-state index is -0.436. The van der Waals surface area contributed by atoms with E-state index in [4.69, 9.17) is 13.9 Å². The lowest BCUT2D eigenvalue weighted by Gasteiger charge is -2.12. The van der Waals surface area contributed by atoms with E-state index in [1.54, 1.807) is 19.1 Å². The minimum absolute atomic E-state index is 0.130. The average molecular weight is 320 g/mol. The van der Waals surface area contributed by atoms with E-state index < -0.39 is 6.04 Å². The van der Waals surface area contributed by atoms with Gasteiger partial charge >= 0.3 is 0 Å². The van der Waals surface area contributed by atoms with Crippen molar-refractivity contribution in [3.63, 3.8) is 0 Å². The van der Waals surface area contributed by atoms with Gasteiger partial charge in [0.05, 0.1) is 14.2 Å². The first-order valence-corrected chi connectivity index (χ1v) is 7.19. The Labute approximate surface area is 134 Å². The largest absolute Gasteiger partial charge is 0.481 e. The van der Waals surface area contributed by atoms with E-state index in [1.165, 1.54) is 14.2 Å². The van der Waals surface area contributed by atoms with Crippen molar-refractivity contribution in [3.05, 3.63) is 29.5 Å². The normalized spacial score (nSPS) is 12.1. The van der Waals surface area contributed by atoms with E-state index in [1.807, 2.05) is 13.8 Å². The fourth-order valence-corrected chi connectivity index (χ4v) is 1.86. The number of pyridine rings is 1. The van der Waals surface area contributed by atoms with E-state index in [-0.39, 0.29) is 17.7 Å². The molecule has 0 spiro atoms. The lowest BCUT2D eigenvalue weighted by Crippen LogP contribution is -2.27. The summed E-state index contributed by atoms with van der Waals surface area (Å²) in [5.41, 5.74) is 0.295. The monoisotopic (exact) mass is 320 g/mol. The van der Waals surface area contributed by atoms with Gasteiger partial charge < -0.3 is 19.2 Å². The van der Waals surface area contributed by atoms with Gasteiger partial charge in [-0.25, -0.2) is 0 Å². The van der Waals surface area contributed by atoms with Gasteiger partial charge in [0.1, 0.15) is 11.6 Å². The molecule has 2 aromatic rings. The van der Waals surface area contributed by atoms with Crippen molar-refractivity contribution in [2.24, 2.45) is 0 Å². The molecule has 23 heavy (non-hydrogen) atoms. The van der Waals surface area contributed by atoms with Crippen LogP contribution in [0.4, 0.5) is 0 Å². The quantitative estimate of drug-likeness (QED) is 0.870. The highest BCUT2D eigenvalue weighted by Gasteiger charge is 2.21. The van der Waals surface area contributed by atoms with Crippen LogP contribution in [0, 0.1) is 0 Å². The molecule has 8 nitrogen and oxygen atoms in total. The van der Waals surface area contributed by atoms with Gasteiger partial charge in [0.25, 0.3) is 5.91 Å². The predicted molar refractivity (Wildman–Crippen MR) is 81.6 cm³/mol. The molecule has 0 aliphatic carbocycles. The molecule has 0 unspecified atom stereocenters. The van der Waals surface area contributed by atoms with Crippen molar-refractivity contribution >= 4 is 5.91 Å². The van der Waals surface area contributed by atoms with Crippen LogP contribution >= 0.6 is 0 Å². The van der Waals surface area contributed by atoms with E-state index in [9.17, 15) is 4.79 Å². The molecule has 124 valence electrons. The molecule has 0 saturated heterocycles. The number of ether oxygens (including phenoxy) is 2. The Morgan fingerprint density at radius 2 is 1.83 bits per heavy atom.